The minimum Gasteiger partial charge on any atom is -0.349 e. The molecule has 1 atom stereocenters. The zero-order chi connectivity index (χ0) is 15.4. The van der Waals surface area contributed by atoms with Crippen LogP contribution in [0.15, 0.2) is 46.9 Å². The van der Waals surface area contributed by atoms with Gasteiger partial charge in [0.05, 0.1) is 12.5 Å². The van der Waals surface area contributed by atoms with Crippen LogP contribution in [0.3, 0.4) is 0 Å². The number of nitrogens with one attached hydrogen (secondary N) is 1. The van der Waals surface area contributed by atoms with Crippen molar-refractivity contribution in [3.63, 3.8) is 0 Å². The molecule has 2 rings (SSSR count). The third-order valence-corrected chi connectivity index (χ3v) is 4.41. The van der Waals surface area contributed by atoms with Gasteiger partial charge in [0.25, 0.3) is 0 Å². The average molecular weight is 346 g/mol. The van der Waals surface area contributed by atoms with Crippen molar-refractivity contribution in [2.24, 2.45) is 0 Å². The van der Waals surface area contributed by atoms with E-state index in [4.69, 9.17) is 0 Å². The summed E-state index contributed by atoms with van der Waals surface area (Å²) in [7, 11) is 0. The van der Waals surface area contributed by atoms with Gasteiger partial charge in [0.2, 0.25) is 5.91 Å². The monoisotopic (exact) mass is 345 g/mol. The first kappa shape index (κ1) is 15.8. The molecule has 0 aromatic heterocycles. The number of aryl methyl sites for hydroxylation is 2. The van der Waals surface area contributed by atoms with Gasteiger partial charge in [0.1, 0.15) is 0 Å². The molecule has 0 unspecified atom stereocenters. The lowest BCUT2D eigenvalue weighted by atomic mass is 10.0. The van der Waals surface area contributed by atoms with Gasteiger partial charge in [-0.15, -0.1) is 0 Å². The molecular weight excluding hydrogens is 326 g/mol. The Morgan fingerprint density at radius 2 is 1.86 bits per heavy atom. The summed E-state index contributed by atoms with van der Waals surface area (Å²) in [6.45, 7) is 6.15. The molecule has 2 aromatic carbocycles. The largest absolute Gasteiger partial charge is 0.349 e. The zero-order valence-corrected chi connectivity index (χ0v) is 14.2. The molecule has 0 aliphatic rings. The predicted octanol–water partition coefficient (Wildman–Crippen LogP) is 4.49. The second-order valence-electron chi connectivity index (χ2n) is 5.41. The highest BCUT2D eigenvalue weighted by atomic mass is 79.9. The maximum absolute atomic E-state index is 12.2. The number of hydrogen-bond donors (Lipinski definition) is 1. The topological polar surface area (TPSA) is 29.1 Å². The maximum Gasteiger partial charge on any atom is 0.224 e. The third kappa shape index (κ3) is 4.18. The Balaban J connectivity index is 2.01. The summed E-state index contributed by atoms with van der Waals surface area (Å²) in [5, 5.41) is 3.05. The summed E-state index contributed by atoms with van der Waals surface area (Å²) >= 11 is 3.52. The van der Waals surface area contributed by atoms with E-state index in [1.54, 1.807) is 0 Å². The third-order valence-electron chi connectivity index (χ3n) is 3.69. The van der Waals surface area contributed by atoms with E-state index >= 15 is 0 Å². The van der Waals surface area contributed by atoms with Crippen LogP contribution in [-0.4, -0.2) is 5.91 Å². The van der Waals surface area contributed by atoms with E-state index < -0.39 is 0 Å². The van der Waals surface area contributed by atoms with Crippen molar-refractivity contribution in [2.75, 3.05) is 0 Å². The van der Waals surface area contributed by atoms with Crippen molar-refractivity contribution < 1.29 is 4.79 Å². The molecule has 0 aliphatic heterocycles. The summed E-state index contributed by atoms with van der Waals surface area (Å²) in [5.41, 5.74) is 4.61. The molecule has 0 fully saturated rings. The van der Waals surface area contributed by atoms with E-state index in [1.807, 2.05) is 37.3 Å². The van der Waals surface area contributed by atoms with Gasteiger partial charge in [-0.05, 0) is 49.1 Å². The number of amides is 1. The number of benzene rings is 2. The average Bonchev–Trinajstić information content (AvgIpc) is 2.43. The van der Waals surface area contributed by atoms with Crippen LogP contribution < -0.4 is 5.32 Å². The van der Waals surface area contributed by atoms with E-state index in [1.165, 1.54) is 11.1 Å². The fourth-order valence-electron chi connectivity index (χ4n) is 2.30. The van der Waals surface area contributed by atoms with Crippen molar-refractivity contribution in [3.05, 3.63) is 69.2 Å². The Hall–Kier alpha value is -1.61. The van der Waals surface area contributed by atoms with Crippen LogP contribution in [0.2, 0.25) is 0 Å². The molecule has 110 valence electrons. The number of carbonyl (C=O) groups excluding carboxylic acids is 1. The molecule has 0 saturated carbocycles. The van der Waals surface area contributed by atoms with Gasteiger partial charge in [-0.1, -0.05) is 52.3 Å². The molecule has 0 heterocycles. The number of hydrogen-bond acceptors (Lipinski definition) is 1. The first-order chi connectivity index (χ1) is 9.97. The lowest BCUT2D eigenvalue weighted by Crippen LogP contribution is -2.28. The van der Waals surface area contributed by atoms with Crippen molar-refractivity contribution in [3.8, 4) is 0 Å². The van der Waals surface area contributed by atoms with Crippen LogP contribution in [0, 0.1) is 13.8 Å². The Morgan fingerprint density at radius 1 is 1.14 bits per heavy atom. The first-order valence-electron chi connectivity index (χ1n) is 7.07. The molecule has 3 heteroatoms. The lowest BCUT2D eigenvalue weighted by Gasteiger charge is -2.16. The number of halogens is 1. The standard InChI is InChI=1S/C18H20BrNO/c1-12-8-9-15(10-13(12)2)11-18(21)20-14(3)16-6-4-5-7-17(16)19/h4-10,14H,11H2,1-3H3,(H,20,21)/t14-/m0/s1. The van der Waals surface area contributed by atoms with Gasteiger partial charge < -0.3 is 5.32 Å². The highest BCUT2D eigenvalue weighted by Gasteiger charge is 2.12. The Kier molecular flexibility index (Phi) is 5.18. The Labute approximate surface area is 134 Å². The molecule has 0 bridgehead atoms. The van der Waals surface area contributed by atoms with Gasteiger partial charge in [0, 0.05) is 4.47 Å². The van der Waals surface area contributed by atoms with Crippen LogP contribution in [0.5, 0.6) is 0 Å². The van der Waals surface area contributed by atoms with Crippen LogP contribution in [-0.2, 0) is 11.2 Å². The Morgan fingerprint density at radius 3 is 2.52 bits per heavy atom. The van der Waals surface area contributed by atoms with E-state index in [-0.39, 0.29) is 11.9 Å². The van der Waals surface area contributed by atoms with Crippen molar-refractivity contribution in [1.29, 1.82) is 0 Å². The van der Waals surface area contributed by atoms with Crippen LogP contribution in [0.1, 0.15) is 35.2 Å². The molecule has 0 radical (unpaired) electrons. The summed E-state index contributed by atoms with van der Waals surface area (Å²) in [6.07, 6.45) is 0.413. The summed E-state index contributed by atoms with van der Waals surface area (Å²) in [5.74, 6) is 0.0431. The number of rotatable bonds is 4. The van der Waals surface area contributed by atoms with E-state index in [2.05, 4.69) is 47.2 Å². The normalized spacial score (nSPS) is 12.0. The fraction of sp³-hybridized carbons (Fsp3) is 0.278. The van der Waals surface area contributed by atoms with Crippen molar-refractivity contribution in [1.82, 2.24) is 5.32 Å². The molecule has 0 aliphatic carbocycles. The summed E-state index contributed by atoms with van der Waals surface area (Å²) in [4.78, 5) is 12.2. The minimum absolute atomic E-state index is 0.0142. The summed E-state index contributed by atoms with van der Waals surface area (Å²) in [6, 6.07) is 14.1. The Bertz CT molecular complexity index is 651. The lowest BCUT2D eigenvalue weighted by molar-refractivity contribution is -0.121. The maximum atomic E-state index is 12.2. The van der Waals surface area contributed by atoms with E-state index in [0.29, 0.717) is 6.42 Å². The summed E-state index contributed by atoms with van der Waals surface area (Å²) < 4.78 is 1.02. The van der Waals surface area contributed by atoms with Gasteiger partial charge in [-0.3, -0.25) is 4.79 Å². The fourth-order valence-corrected chi connectivity index (χ4v) is 2.92. The molecule has 0 saturated heterocycles. The van der Waals surface area contributed by atoms with E-state index in [9.17, 15) is 4.79 Å². The SMILES string of the molecule is Cc1ccc(CC(=O)N[C@@H](C)c2ccccc2Br)cc1C. The second-order valence-corrected chi connectivity index (χ2v) is 6.26. The quantitative estimate of drug-likeness (QED) is 0.869. The molecule has 1 amide bonds. The van der Waals surface area contributed by atoms with Gasteiger partial charge >= 0.3 is 0 Å². The highest BCUT2D eigenvalue weighted by Crippen LogP contribution is 2.22. The number of carbonyl (C=O) groups is 1. The molecular formula is C18H20BrNO. The molecule has 0 spiro atoms. The van der Waals surface area contributed by atoms with Crippen LogP contribution >= 0.6 is 15.9 Å². The minimum atomic E-state index is -0.0142. The van der Waals surface area contributed by atoms with Crippen molar-refractivity contribution >= 4 is 21.8 Å². The zero-order valence-electron chi connectivity index (χ0n) is 12.6. The van der Waals surface area contributed by atoms with Crippen LogP contribution in [0.4, 0.5) is 0 Å². The van der Waals surface area contributed by atoms with Gasteiger partial charge in [0.15, 0.2) is 0 Å². The molecule has 2 aromatic rings. The smallest absolute Gasteiger partial charge is 0.224 e. The molecule has 2 nitrogen and oxygen atoms in total. The van der Waals surface area contributed by atoms with Gasteiger partial charge in [-0.2, -0.15) is 0 Å². The van der Waals surface area contributed by atoms with E-state index in [0.717, 1.165) is 15.6 Å². The first-order valence-corrected chi connectivity index (χ1v) is 7.86. The van der Waals surface area contributed by atoms with Crippen molar-refractivity contribution in [2.45, 2.75) is 33.2 Å². The highest BCUT2D eigenvalue weighted by molar-refractivity contribution is 9.10. The molecule has 21 heavy (non-hydrogen) atoms. The predicted molar refractivity (Wildman–Crippen MR) is 90.3 cm³/mol. The van der Waals surface area contributed by atoms with Crippen LogP contribution in [0.25, 0.3) is 0 Å². The van der Waals surface area contributed by atoms with Gasteiger partial charge in [-0.25, -0.2) is 0 Å². The second kappa shape index (κ2) is 6.90. The molecule has 1 N–H and O–H groups in total.